The summed E-state index contributed by atoms with van der Waals surface area (Å²) in [6.07, 6.45) is 3.21. The van der Waals surface area contributed by atoms with E-state index in [1.807, 2.05) is 31.2 Å². The highest BCUT2D eigenvalue weighted by Gasteiger charge is 2.26. The van der Waals surface area contributed by atoms with E-state index in [1.54, 1.807) is 0 Å². The molecule has 0 saturated heterocycles. The highest BCUT2D eigenvalue weighted by atomic mass is 16.5. The minimum Gasteiger partial charge on any atom is -0.494 e. The molecule has 1 aromatic carbocycles. The molecule has 1 atom stereocenters. The minimum absolute atomic E-state index is 0.115. The molecule has 2 rings (SSSR count). The Balaban J connectivity index is 1.90. The molecule has 1 unspecified atom stereocenters. The molecule has 0 spiro atoms. The predicted molar refractivity (Wildman–Crippen MR) is 71.6 cm³/mol. The van der Waals surface area contributed by atoms with Crippen LogP contribution in [0.15, 0.2) is 24.3 Å². The molecular weight excluding hydrogens is 228 g/mol. The van der Waals surface area contributed by atoms with Crippen LogP contribution < -0.4 is 15.8 Å². The third kappa shape index (κ3) is 3.74. The molecule has 0 radical (unpaired) electrons. The van der Waals surface area contributed by atoms with E-state index < -0.39 is 6.04 Å². The highest BCUT2D eigenvalue weighted by molar-refractivity contribution is 5.94. The van der Waals surface area contributed by atoms with Gasteiger partial charge in [0.05, 0.1) is 12.6 Å². The number of nitrogens with two attached hydrogens (primary N) is 1. The highest BCUT2D eigenvalue weighted by Crippen LogP contribution is 2.33. The molecule has 1 aliphatic carbocycles. The second kappa shape index (κ2) is 5.87. The van der Waals surface area contributed by atoms with E-state index in [1.165, 1.54) is 12.8 Å². The van der Waals surface area contributed by atoms with Gasteiger partial charge >= 0.3 is 0 Å². The van der Waals surface area contributed by atoms with Gasteiger partial charge in [0.1, 0.15) is 5.75 Å². The van der Waals surface area contributed by atoms with Crippen LogP contribution in [0.2, 0.25) is 0 Å². The summed E-state index contributed by atoms with van der Waals surface area (Å²) in [5, 5.41) is 2.83. The number of hydrogen-bond acceptors (Lipinski definition) is 3. The Morgan fingerprint density at radius 3 is 3.00 bits per heavy atom. The number of hydrogen-bond donors (Lipinski definition) is 2. The first kappa shape index (κ1) is 12.9. The first-order valence-corrected chi connectivity index (χ1v) is 6.48. The van der Waals surface area contributed by atoms with Crippen molar-refractivity contribution in [1.82, 2.24) is 0 Å². The maximum Gasteiger partial charge on any atom is 0.241 e. The Kier molecular flexibility index (Phi) is 4.20. The summed E-state index contributed by atoms with van der Waals surface area (Å²) in [4.78, 5) is 11.9. The van der Waals surface area contributed by atoms with Gasteiger partial charge in [-0.1, -0.05) is 18.9 Å². The van der Waals surface area contributed by atoms with Crippen molar-refractivity contribution in [2.75, 3.05) is 11.9 Å². The van der Waals surface area contributed by atoms with E-state index in [2.05, 4.69) is 5.32 Å². The van der Waals surface area contributed by atoms with E-state index in [0.29, 0.717) is 12.5 Å². The Labute approximate surface area is 108 Å². The summed E-state index contributed by atoms with van der Waals surface area (Å²) in [5.41, 5.74) is 6.59. The van der Waals surface area contributed by atoms with Crippen LogP contribution in [0.5, 0.6) is 5.75 Å². The fourth-order valence-electron chi connectivity index (χ4n) is 1.88. The molecule has 1 aromatic rings. The van der Waals surface area contributed by atoms with Gasteiger partial charge in [-0.25, -0.2) is 0 Å². The Bertz CT molecular complexity index is 416. The summed E-state index contributed by atoms with van der Waals surface area (Å²) in [6.45, 7) is 2.54. The van der Waals surface area contributed by atoms with Crippen molar-refractivity contribution < 1.29 is 9.53 Å². The van der Waals surface area contributed by atoms with Crippen molar-refractivity contribution in [1.29, 1.82) is 0 Å². The molecule has 3 N–H and O–H groups in total. The summed E-state index contributed by atoms with van der Waals surface area (Å²) < 4.78 is 5.38. The lowest BCUT2D eigenvalue weighted by atomic mass is 10.1. The number of ether oxygens (including phenoxy) is 1. The van der Waals surface area contributed by atoms with Gasteiger partial charge in [-0.15, -0.1) is 0 Å². The van der Waals surface area contributed by atoms with Gasteiger partial charge in [0.15, 0.2) is 0 Å². The number of anilines is 1. The average Bonchev–Trinajstić information content (AvgIpc) is 3.14. The zero-order valence-electron chi connectivity index (χ0n) is 10.7. The van der Waals surface area contributed by atoms with Gasteiger partial charge in [0.2, 0.25) is 5.91 Å². The summed E-state index contributed by atoms with van der Waals surface area (Å²) in [6, 6.07) is 6.96. The SMILES string of the molecule is CCOc1cccc(NC(=O)C(N)CC2CC2)c1. The fraction of sp³-hybridized carbons (Fsp3) is 0.500. The molecule has 4 nitrogen and oxygen atoms in total. The standard InChI is InChI=1S/C14H20N2O2/c1-2-18-12-5-3-4-11(9-12)16-14(17)13(15)8-10-6-7-10/h3-5,9-10,13H,2,6-8,15H2,1H3,(H,16,17). The van der Waals surface area contributed by atoms with Crippen LogP contribution >= 0.6 is 0 Å². The van der Waals surface area contributed by atoms with Gasteiger partial charge in [-0.05, 0) is 31.4 Å². The molecule has 0 aromatic heterocycles. The first-order valence-electron chi connectivity index (χ1n) is 6.48. The van der Waals surface area contributed by atoms with Crippen molar-refractivity contribution in [3.8, 4) is 5.75 Å². The van der Waals surface area contributed by atoms with Crippen molar-refractivity contribution >= 4 is 11.6 Å². The van der Waals surface area contributed by atoms with Crippen LogP contribution in [0, 0.1) is 5.92 Å². The van der Waals surface area contributed by atoms with Crippen LogP contribution in [-0.4, -0.2) is 18.6 Å². The molecule has 0 bridgehead atoms. The van der Waals surface area contributed by atoms with E-state index in [-0.39, 0.29) is 5.91 Å². The maximum atomic E-state index is 11.9. The summed E-state index contributed by atoms with van der Waals surface area (Å²) in [7, 11) is 0. The molecule has 98 valence electrons. The molecule has 0 heterocycles. The molecule has 0 aliphatic heterocycles. The van der Waals surface area contributed by atoms with Crippen LogP contribution in [0.4, 0.5) is 5.69 Å². The molecular formula is C14H20N2O2. The number of benzene rings is 1. The normalized spacial score (nSPS) is 16.1. The van der Waals surface area contributed by atoms with E-state index in [9.17, 15) is 4.79 Å². The topological polar surface area (TPSA) is 64.3 Å². The maximum absolute atomic E-state index is 11.9. The van der Waals surface area contributed by atoms with E-state index >= 15 is 0 Å². The van der Waals surface area contributed by atoms with Gasteiger partial charge in [0.25, 0.3) is 0 Å². The van der Waals surface area contributed by atoms with Crippen molar-refractivity contribution in [3.05, 3.63) is 24.3 Å². The van der Waals surface area contributed by atoms with E-state index in [0.717, 1.165) is 17.9 Å². The third-order valence-corrected chi connectivity index (χ3v) is 3.03. The third-order valence-electron chi connectivity index (χ3n) is 3.03. The van der Waals surface area contributed by atoms with Gasteiger partial charge in [-0.3, -0.25) is 4.79 Å². The van der Waals surface area contributed by atoms with Crippen LogP contribution in [0.25, 0.3) is 0 Å². The van der Waals surface area contributed by atoms with Crippen LogP contribution in [0.1, 0.15) is 26.2 Å². The number of amides is 1. The number of nitrogens with one attached hydrogen (secondary N) is 1. The number of rotatable bonds is 6. The molecule has 1 amide bonds. The van der Waals surface area contributed by atoms with Crippen LogP contribution in [0.3, 0.4) is 0 Å². The van der Waals surface area contributed by atoms with Crippen molar-refractivity contribution in [2.45, 2.75) is 32.2 Å². The van der Waals surface area contributed by atoms with Crippen molar-refractivity contribution in [2.24, 2.45) is 11.7 Å². The average molecular weight is 248 g/mol. The quantitative estimate of drug-likeness (QED) is 0.810. The summed E-state index contributed by atoms with van der Waals surface area (Å²) >= 11 is 0. The van der Waals surface area contributed by atoms with Crippen LogP contribution in [-0.2, 0) is 4.79 Å². The van der Waals surface area contributed by atoms with Gasteiger partial charge in [-0.2, -0.15) is 0 Å². The Morgan fingerprint density at radius 1 is 1.56 bits per heavy atom. The Morgan fingerprint density at radius 2 is 2.33 bits per heavy atom. The summed E-state index contributed by atoms with van der Waals surface area (Å²) in [5.74, 6) is 1.29. The second-order valence-electron chi connectivity index (χ2n) is 4.74. The zero-order valence-corrected chi connectivity index (χ0v) is 10.7. The lowest BCUT2D eigenvalue weighted by Crippen LogP contribution is -2.35. The van der Waals surface area contributed by atoms with E-state index in [4.69, 9.17) is 10.5 Å². The first-order chi connectivity index (χ1) is 8.69. The van der Waals surface area contributed by atoms with Gasteiger partial charge in [0, 0.05) is 11.8 Å². The second-order valence-corrected chi connectivity index (χ2v) is 4.74. The number of carbonyl (C=O) groups excluding carboxylic acids is 1. The molecule has 1 saturated carbocycles. The largest absolute Gasteiger partial charge is 0.494 e. The smallest absolute Gasteiger partial charge is 0.241 e. The van der Waals surface area contributed by atoms with Crippen molar-refractivity contribution in [3.63, 3.8) is 0 Å². The molecule has 4 heteroatoms. The fourth-order valence-corrected chi connectivity index (χ4v) is 1.88. The lowest BCUT2D eigenvalue weighted by Gasteiger charge is -2.12. The number of carbonyl (C=O) groups is 1. The predicted octanol–water partition coefficient (Wildman–Crippen LogP) is 2.15. The van der Waals surface area contributed by atoms with Gasteiger partial charge < -0.3 is 15.8 Å². The lowest BCUT2D eigenvalue weighted by molar-refractivity contribution is -0.117. The Hall–Kier alpha value is -1.55. The molecule has 18 heavy (non-hydrogen) atoms. The minimum atomic E-state index is -0.409. The molecule has 1 aliphatic rings. The zero-order chi connectivity index (χ0) is 13.0. The monoisotopic (exact) mass is 248 g/mol. The molecule has 1 fully saturated rings.